The Morgan fingerprint density at radius 2 is 1.90 bits per heavy atom. The summed E-state index contributed by atoms with van der Waals surface area (Å²) in [6, 6.07) is 3.44. The van der Waals surface area contributed by atoms with Crippen molar-refractivity contribution in [1.29, 1.82) is 0 Å². The molecule has 0 aliphatic rings. The number of nitrogens with zero attached hydrogens (tertiary/aromatic N) is 3. The van der Waals surface area contributed by atoms with E-state index in [2.05, 4.69) is 15.3 Å². The number of sulfonamides is 1. The van der Waals surface area contributed by atoms with Gasteiger partial charge in [0.25, 0.3) is 10.0 Å². The smallest absolute Gasteiger partial charge is 0.348 e. The summed E-state index contributed by atoms with van der Waals surface area (Å²) >= 11 is 2.51. The number of carbonyl (C=O) groups excluding carboxylic acids is 1. The molecule has 0 atom stereocenters. The lowest BCUT2D eigenvalue weighted by Gasteiger charge is -2.16. The van der Waals surface area contributed by atoms with Crippen molar-refractivity contribution in [3.8, 4) is 0 Å². The number of rotatable bonds is 9. The number of aromatic nitrogens is 2. The fraction of sp³-hybridized carbons (Fsp3) is 0.421. The SMILES string of the molecule is CCOC(=O)c1sc2ncnc(NCc3ccc(S(=O)(=O)N(CC)CC)s3)c2c1C. The normalized spacial score (nSPS) is 11.9. The molecule has 0 bridgehead atoms. The number of hydrogen-bond acceptors (Lipinski definition) is 9. The summed E-state index contributed by atoms with van der Waals surface area (Å²) in [5.74, 6) is 0.235. The molecule has 3 heterocycles. The molecule has 8 nitrogen and oxygen atoms in total. The zero-order chi connectivity index (χ0) is 21.9. The van der Waals surface area contributed by atoms with Crippen LogP contribution >= 0.6 is 22.7 Å². The molecule has 0 radical (unpaired) electrons. The standard InChI is InChI=1S/C19H24N4O4S3/c1-5-23(6-2)30(25,26)14-9-8-13(28-14)10-20-17-15-12(4)16(19(24)27-7-3)29-18(15)22-11-21-17/h8-9,11H,5-7,10H2,1-4H3,(H,20,21,22). The lowest BCUT2D eigenvalue weighted by Crippen LogP contribution is -2.29. The molecule has 0 spiro atoms. The van der Waals surface area contributed by atoms with Crippen LogP contribution in [0.4, 0.5) is 5.82 Å². The number of hydrogen-bond donors (Lipinski definition) is 1. The highest BCUT2D eigenvalue weighted by molar-refractivity contribution is 7.91. The van der Waals surface area contributed by atoms with Crippen LogP contribution in [0.25, 0.3) is 10.2 Å². The maximum atomic E-state index is 12.7. The summed E-state index contributed by atoms with van der Waals surface area (Å²) in [5.41, 5.74) is 0.771. The first-order valence-corrected chi connectivity index (χ1v) is 12.6. The molecule has 0 aromatic carbocycles. The van der Waals surface area contributed by atoms with E-state index in [4.69, 9.17) is 4.74 Å². The largest absolute Gasteiger partial charge is 0.462 e. The number of esters is 1. The average Bonchev–Trinajstić information content (AvgIpc) is 3.33. The average molecular weight is 469 g/mol. The highest BCUT2D eigenvalue weighted by Crippen LogP contribution is 2.34. The minimum absolute atomic E-state index is 0.306. The summed E-state index contributed by atoms with van der Waals surface area (Å²) in [6.45, 7) is 8.85. The van der Waals surface area contributed by atoms with Crippen LogP contribution in [0.2, 0.25) is 0 Å². The number of ether oxygens (including phenoxy) is 1. The van der Waals surface area contributed by atoms with E-state index >= 15 is 0 Å². The summed E-state index contributed by atoms with van der Waals surface area (Å²) in [6.07, 6.45) is 1.44. The monoisotopic (exact) mass is 468 g/mol. The van der Waals surface area contributed by atoms with Gasteiger partial charge in [0.05, 0.1) is 18.5 Å². The Hall–Kier alpha value is -2.08. The number of carbonyl (C=O) groups is 1. The molecule has 30 heavy (non-hydrogen) atoms. The molecule has 0 saturated heterocycles. The summed E-state index contributed by atoms with van der Waals surface area (Å²) < 4.78 is 32.2. The molecule has 0 saturated carbocycles. The Labute approximate surface area is 184 Å². The van der Waals surface area contributed by atoms with E-state index in [1.54, 1.807) is 19.1 Å². The Morgan fingerprint density at radius 1 is 1.17 bits per heavy atom. The topological polar surface area (TPSA) is 101 Å². The van der Waals surface area contributed by atoms with Crippen LogP contribution in [0.15, 0.2) is 22.7 Å². The summed E-state index contributed by atoms with van der Waals surface area (Å²) in [5, 5.41) is 4.03. The predicted octanol–water partition coefficient (Wildman–Crippen LogP) is 3.88. The fourth-order valence-corrected chi connectivity index (χ4v) is 7.00. The van der Waals surface area contributed by atoms with Gasteiger partial charge in [0.2, 0.25) is 0 Å². The maximum Gasteiger partial charge on any atom is 0.348 e. The Balaban J connectivity index is 1.83. The third kappa shape index (κ3) is 4.34. The molecule has 1 N–H and O–H groups in total. The van der Waals surface area contributed by atoms with Gasteiger partial charge < -0.3 is 10.1 Å². The van der Waals surface area contributed by atoms with Gasteiger partial charge in [-0.25, -0.2) is 23.2 Å². The van der Waals surface area contributed by atoms with E-state index < -0.39 is 10.0 Å². The van der Waals surface area contributed by atoms with Gasteiger partial charge >= 0.3 is 5.97 Å². The Morgan fingerprint density at radius 3 is 2.57 bits per heavy atom. The Kier molecular flexibility index (Phi) is 7.06. The molecule has 3 rings (SSSR count). The van der Waals surface area contributed by atoms with Crippen molar-refractivity contribution in [2.75, 3.05) is 25.0 Å². The lowest BCUT2D eigenvalue weighted by atomic mass is 10.2. The van der Waals surface area contributed by atoms with Crippen molar-refractivity contribution < 1.29 is 17.9 Å². The second kappa shape index (κ2) is 9.38. The second-order valence-electron chi connectivity index (χ2n) is 6.34. The van der Waals surface area contributed by atoms with Crippen molar-refractivity contribution in [3.63, 3.8) is 0 Å². The van der Waals surface area contributed by atoms with E-state index in [0.29, 0.717) is 46.0 Å². The number of anilines is 1. The van der Waals surface area contributed by atoms with E-state index in [9.17, 15) is 13.2 Å². The zero-order valence-corrected chi connectivity index (χ0v) is 19.7. The molecule has 3 aromatic rings. The van der Waals surface area contributed by atoms with Crippen LogP contribution in [-0.4, -0.2) is 48.4 Å². The first kappa shape index (κ1) is 22.6. The molecule has 162 valence electrons. The third-order valence-electron chi connectivity index (χ3n) is 4.55. The minimum atomic E-state index is -3.47. The number of aryl methyl sites for hydroxylation is 1. The molecule has 11 heteroatoms. The predicted molar refractivity (Wildman–Crippen MR) is 120 cm³/mol. The van der Waals surface area contributed by atoms with Crippen LogP contribution < -0.4 is 5.32 Å². The fourth-order valence-electron chi connectivity index (χ4n) is 3.05. The number of nitrogens with one attached hydrogen (secondary N) is 1. The molecule has 0 aliphatic heterocycles. The van der Waals surface area contributed by atoms with Gasteiger partial charge in [-0.05, 0) is 31.5 Å². The summed E-state index contributed by atoms with van der Waals surface area (Å²) in [7, 11) is -3.47. The molecule has 0 aliphatic carbocycles. The van der Waals surface area contributed by atoms with Gasteiger partial charge in [-0.1, -0.05) is 13.8 Å². The Bertz CT molecular complexity index is 1150. The molecule has 3 aromatic heterocycles. The molecule has 0 fully saturated rings. The van der Waals surface area contributed by atoms with E-state index in [1.807, 2.05) is 20.8 Å². The molecule has 0 amide bonds. The quantitative estimate of drug-likeness (QED) is 0.476. The number of thiophene rings is 2. The zero-order valence-electron chi connectivity index (χ0n) is 17.3. The molecule has 0 unspecified atom stereocenters. The van der Waals surface area contributed by atoms with Gasteiger partial charge in [-0.2, -0.15) is 4.31 Å². The lowest BCUT2D eigenvalue weighted by molar-refractivity contribution is 0.0531. The van der Waals surface area contributed by atoms with Crippen molar-refractivity contribution in [2.24, 2.45) is 0 Å². The van der Waals surface area contributed by atoms with Crippen LogP contribution in [0.3, 0.4) is 0 Å². The van der Waals surface area contributed by atoms with Crippen molar-refractivity contribution >= 4 is 54.7 Å². The first-order valence-electron chi connectivity index (χ1n) is 9.57. The highest BCUT2D eigenvalue weighted by Gasteiger charge is 2.24. The van der Waals surface area contributed by atoms with Gasteiger partial charge in [-0.15, -0.1) is 22.7 Å². The van der Waals surface area contributed by atoms with E-state index in [0.717, 1.165) is 15.8 Å². The van der Waals surface area contributed by atoms with Gasteiger partial charge in [-0.3, -0.25) is 0 Å². The van der Waals surface area contributed by atoms with Gasteiger partial charge in [0, 0.05) is 18.0 Å². The molecular formula is C19H24N4O4S3. The van der Waals surface area contributed by atoms with Crippen molar-refractivity contribution in [2.45, 2.75) is 38.4 Å². The maximum absolute atomic E-state index is 12.7. The highest BCUT2D eigenvalue weighted by atomic mass is 32.2. The van der Waals surface area contributed by atoms with E-state index in [1.165, 1.54) is 33.3 Å². The van der Waals surface area contributed by atoms with Crippen LogP contribution in [0.1, 0.15) is 40.9 Å². The van der Waals surface area contributed by atoms with Crippen molar-refractivity contribution in [1.82, 2.24) is 14.3 Å². The third-order valence-corrected chi connectivity index (χ3v) is 9.34. The first-order chi connectivity index (χ1) is 14.3. The van der Waals surface area contributed by atoms with Crippen LogP contribution in [0.5, 0.6) is 0 Å². The second-order valence-corrected chi connectivity index (χ2v) is 10.7. The van der Waals surface area contributed by atoms with Crippen molar-refractivity contribution in [3.05, 3.63) is 33.8 Å². The number of fused-ring (bicyclic) bond motifs is 1. The van der Waals surface area contributed by atoms with Crippen LogP contribution in [0, 0.1) is 6.92 Å². The van der Waals surface area contributed by atoms with Gasteiger partial charge in [0.1, 0.15) is 26.1 Å². The molecular weight excluding hydrogens is 444 g/mol. The van der Waals surface area contributed by atoms with E-state index in [-0.39, 0.29) is 5.97 Å². The summed E-state index contributed by atoms with van der Waals surface area (Å²) in [4.78, 5) is 22.9. The van der Waals surface area contributed by atoms with Crippen LogP contribution in [-0.2, 0) is 21.3 Å². The minimum Gasteiger partial charge on any atom is -0.462 e. The van der Waals surface area contributed by atoms with Gasteiger partial charge in [0.15, 0.2) is 0 Å².